The first-order valence-electron chi connectivity index (χ1n) is 5.17. The molecular formula is C11H8Br3N3O2S. The lowest BCUT2D eigenvalue weighted by atomic mass is 10.3. The molecule has 9 heteroatoms. The topological polar surface area (TPSA) is 85.1 Å². The van der Waals surface area contributed by atoms with Crippen molar-refractivity contribution in [2.45, 2.75) is 4.90 Å². The molecule has 0 saturated heterocycles. The van der Waals surface area contributed by atoms with Crippen LogP contribution in [0.25, 0.3) is 0 Å². The summed E-state index contributed by atoms with van der Waals surface area (Å²) in [5, 5.41) is 0. The Morgan fingerprint density at radius 3 is 2.35 bits per heavy atom. The molecule has 3 N–H and O–H groups in total. The van der Waals surface area contributed by atoms with Crippen molar-refractivity contribution >= 4 is 69.2 Å². The fraction of sp³-hybridized carbons (Fsp3) is 0. The van der Waals surface area contributed by atoms with E-state index in [2.05, 4.69) is 57.5 Å². The van der Waals surface area contributed by atoms with Crippen LogP contribution in [-0.4, -0.2) is 13.4 Å². The standard InChI is InChI=1S/C11H8Br3N3O2S/c12-6-2-9(14)11(10(15)3-6)17-20(18,19)8-1-7(13)4-16-5-8/h1-5,17H,15H2. The lowest BCUT2D eigenvalue weighted by Gasteiger charge is -2.12. The molecule has 0 amide bonds. The van der Waals surface area contributed by atoms with Crippen LogP contribution in [0, 0.1) is 0 Å². The monoisotopic (exact) mass is 483 g/mol. The van der Waals surface area contributed by atoms with E-state index in [1.54, 1.807) is 12.1 Å². The van der Waals surface area contributed by atoms with Crippen molar-refractivity contribution in [1.82, 2.24) is 4.98 Å². The van der Waals surface area contributed by atoms with Crippen LogP contribution in [0.15, 0.2) is 48.9 Å². The summed E-state index contributed by atoms with van der Waals surface area (Å²) in [5.74, 6) is 0. The minimum absolute atomic E-state index is 0.0427. The van der Waals surface area contributed by atoms with E-state index in [9.17, 15) is 8.42 Å². The fourth-order valence-corrected chi connectivity index (χ4v) is 4.53. The highest BCUT2D eigenvalue weighted by Crippen LogP contribution is 2.34. The van der Waals surface area contributed by atoms with Gasteiger partial charge in [-0.05, 0) is 50.1 Å². The van der Waals surface area contributed by atoms with E-state index in [1.165, 1.54) is 18.5 Å². The number of aromatic nitrogens is 1. The van der Waals surface area contributed by atoms with Crippen molar-refractivity contribution in [3.05, 3.63) is 44.0 Å². The molecule has 2 rings (SSSR count). The van der Waals surface area contributed by atoms with Crippen LogP contribution in [0.5, 0.6) is 0 Å². The van der Waals surface area contributed by atoms with Gasteiger partial charge in [0.2, 0.25) is 0 Å². The minimum Gasteiger partial charge on any atom is -0.397 e. The number of anilines is 2. The number of benzene rings is 1. The Balaban J connectivity index is 2.44. The molecule has 1 aromatic carbocycles. The molecule has 0 atom stereocenters. The Morgan fingerprint density at radius 1 is 1.05 bits per heavy atom. The molecule has 0 aliphatic rings. The molecule has 0 bridgehead atoms. The van der Waals surface area contributed by atoms with Crippen molar-refractivity contribution in [3.8, 4) is 0 Å². The van der Waals surface area contributed by atoms with Gasteiger partial charge in [-0.15, -0.1) is 0 Å². The van der Waals surface area contributed by atoms with Crippen LogP contribution in [-0.2, 0) is 10.0 Å². The molecule has 20 heavy (non-hydrogen) atoms. The molecule has 0 unspecified atom stereocenters. The average Bonchev–Trinajstić information content (AvgIpc) is 2.34. The number of rotatable bonds is 3. The smallest absolute Gasteiger partial charge is 0.263 e. The summed E-state index contributed by atoms with van der Waals surface area (Å²) in [6.07, 6.45) is 2.76. The molecule has 1 aromatic heterocycles. The second kappa shape index (κ2) is 6.00. The summed E-state index contributed by atoms with van der Waals surface area (Å²) in [4.78, 5) is 3.88. The van der Waals surface area contributed by atoms with Crippen LogP contribution >= 0.6 is 47.8 Å². The maximum atomic E-state index is 12.3. The average molecular weight is 486 g/mol. The van der Waals surface area contributed by atoms with Crippen LogP contribution in [0.4, 0.5) is 11.4 Å². The highest BCUT2D eigenvalue weighted by molar-refractivity contribution is 9.11. The van der Waals surface area contributed by atoms with Crippen molar-refractivity contribution in [2.75, 3.05) is 10.5 Å². The summed E-state index contributed by atoms with van der Waals surface area (Å²) in [6, 6.07) is 4.77. The van der Waals surface area contributed by atoms with Crippen molar-refractivity contribution < 1.29 is 8.42 Å². The normalized spacial score (nSPS) is 11.3. The molecule has 0 fully saturated rings. The number of nitrogens with two attached hydrogens (primary N) is 1. The van der Waals surface area contributed by atoms with Gasteiger partial charge in [-0.25, -0.2) is 8.42 Å². The quantitative estimate of drug-likeness (QED) is 0.648. The van der Waals surface area contributed by atoms with Gasteiger partial charge in [0.05, 0.1) is 11.4 Å². The molecule has 0 spiro atoms. The van der Waals surface area contributed by atoms with E-state index in [1.807, 2.05) is 0 Å². The largest absolute Gasteiger partial charge is 0.397 e. The fourth-order valence-electron chi connectivity index (χ4n) is 1.43. The lowest BCUT2D eigenvalue weighted by molar-refractivity contribution is 0.600. The third-order valence-corrected chi connectivity index (χ3v) is 5.15. The number of nitrogen functional groups attached to an aromatic ring is 1. The molecule has 0 saturated carbocycles. The first-order valence-corrected chi connectivity index (χ1v) is 9.04. The first kappa shape index (κ1) is 15.7. The van der Waals surface area contributed by atoms with Gasteiger partial charge in [-0.1, -0.05) is 15.9 Å². The van der Waals surface area contributed by atoms with Gasteiger partial charge in [-0.2, -0.15) is 0 Å². The lowest BCUT2D eigenvalue weighted by Crippen LogP contribution is -2.15. The van der Waals surface area contributed by atoms with Crippen molar-refractivity contribution in [1.29, 1.82) is 0 Å². The van der Waals surface area contributed by atoms with E-state index < -0.39 is 10.0 Å². The van der Waals surface area contributed by atoms with Crippen LogP contribution in [0.1, 0.15) is 0 Å². The molecule has 0 radical (unpaired) electrons. The van der Waals surface area contributed by atoms with Gasteiger partial charge in [0.1, 0.15) is 4.90 Å². The minimum atomic E-state index is -3.76. The Hall–Kier alpha value is -0.640. The Bertz CT molecular complexity index is 742. The summed E-state index contributed by atoms with van der Waals surface area (Å²) >= 11 is 9.74. The maximum Gasteiger partial charge on any atom is 0.263 e. The van der Waals surface area contributed by atoms with Crippen molar-refractivity contribution in [2.24, 2.45) is 0 Å². The highest BCUT2D eigenvalue weighted by atomic mass is 79.9. The number of nitrogens with one attached hydrogen (secondary N) is 1. The van der Waals surface area contributed by atoms with E-state index in [-0.39, 0.29) is 10.6 Å². The SMILES string of the molecule is Nc1cc(Br)cc(Br)c1NS(=O)(=O)c1cncc(Br)c1. The number of halogens is 3. The zero-order valence-electron chi connectivity index (χ0n) is 9.77. The van der Waals surface area contributed by atoms with Crippen LogP contribution in [0.3, 0.4) is 0 Å². The van der Waals surface area contributed by atoms with Gasteiger partial charge in [0.15, 0.2) is 0 Å². The van der Waals surface area contributed by atoms with E-state index >= 15 is 0 Å². The second-order valence-corrected chi connectivity index (χ2v) is 8.16. The summed E-state index contributed by atoms with van der Waals surface area (Å²) in [7, 11) is -3.76. The van der Waals surface area contributed by atoms with Gasteiger partial charge in [0, 0.05) is 25.8 Å². The number of pyridine rings is 1. The Kier molecular flexibility index (Phi) is 4.73. The van der Waals surface area contributed by atoms with Gasteiger partial charge in [0.25, 0.3) is 10.0 Å². The number of hydrogen-bond donors (Lipinski definition) is 2. The summed E-state index contributed by atoms with van der Waals surface area (Å²) < 4.78 is 28.9. The Labute approximate surface area is 141 Å². The highest BCUT2D eigenvalue weighted by Gasteiger charge is 2.18. The van der Waals surface area contributed by atoms with Crippen LogP contribution < -0.4 is 10.5 Å². The first-order chi connectivity index (χ1) is 9.29. The van der Waals surface area contributed by atoms with E-state index in [0.717, 1.165) is 4.47 Å². The number of sulfonamides is 1. The third-order valence-electron chi connectivity index (χ3n) is 2.31. The second-order valence-electron chi connectivity index (χ2n) is 3.80. The maximum absolute atomic E-state index is 12.3. The molecule has 0 aliphatic heterocycles. The van der Waals surface area contributed by atoms with Crippen molar-refractivity contribution in [3.63, 3.8) is 0 Å². The van der Waals surface area contributed by atoms with E-state index in [0.29, 0.717) is 14.6 Å². The van der Waals surface area contributed by atoms with Gasteiger partial charge in [-0.3, -0.25) is 9.71 Å². The summed E-state index contributed by atoms with van der Waals surface area (Å²) in [5.41, 5.74) is 6.41. The zero-order valence-corrected chi connectivity index (χ0v) is 15.3. The molecule has 1 heterocycles. The number of nitrogens with zero attached hydrogens (tertiary/aromatic N) is 1. The molecule has 5 nitrogen and oxygen atoms in total. The summed E-state index contributed by atoms with van der Waals surface area (Å²) in [6.45, 7) is 0. The predicted molar refractivity (Wildman–Crippen MR) is 89.0 cm³/mol. The molecule has 2 aromatic rings. The number of hydrogen-bond acceptors (Lipinski definition) is 4. The molecule has 0 aliphatic carbocycles. The molecule has 106 valence electrons. The van der Waals surface area contributed by atoms with Gasteiger partial charge < -0.3 is 5.73 Å². The third kappa shape index (κ3) is 3.51. The predicted octanol–water partition coefficient (Wildman–Crippen LogP) is 3.75. The molecular weight excluding hydrogens is 478 g/mol. The zero-order chi connectivity index (χ0) is 14.9. The Morgan fingerprint density at radius 2 is 1.75 bits per heavy atom. The van der Waals surface area contributed by atoms with Gasteiger partial charge >= 0.3 is 0 Å². The van der Waals surface area contributed by atoms with Crippen LogP contribution in [0.2, 0.25) is 0 Å². The van der Waals surface area contributed by atoms with E-state index in [4.69, 9.17) is 5.73 Å².